The van der Waals surface area contributed by atoms with Gasteiger partial charge in [-0.3, -0.25) is 14.6 Å². The van der Waals surface area contributed by atoms with E-state index in [0.717, 1.165) is 28.9 Å². The minimum Gasteiger partial charge on any atom is -0.346 e. The Labute approximate surface area is 141 Å². The Kier molecular flexibility index (Phi) is 5.19. The van der Waals surface area contributed by atoms with Crippen LogP contribution in [0.3, 0.4) is 0 Å². The van der Waals surface area contributed by atoms with E-state index >= 15 is 0 Å². The third-order valence-electron chi connectivity index (χ3n) is 3.63. The zero-order chi connectivity index (χ0) is 16.6. The van der Waals surface area contributed by atoms with E-state index in [1.165, 1.54) is 13.2 Å². The van der Waals surface area contributed by atoms with Gasteiger partial charge in [-0.05, 0) is 0 Å². The van der Waals surface area contributed by atoms with Crippen molar-refractivity contribution in [1.82, 2.24) is 30.6 Å². The fourth-order valence-corrected chi connectivity index (χ4v) is 2.58. The molecule has 1 aliphatic rings. The summed E-state index contributed by atoms with van der Waals surface area (Å²) in [5, 5.41) is 15.8. The number of H-pyrrole nitrogens is 1. The first-order valence-corrected chi connectivity index (χ1v) is 7.01. The molecule has 11 heteroatoms. The van der Waals surface area contributed by atoms with Crippen LogP contribution in [0, 0.1) is 0 Å². The maximum atomic E-state index is 12.9. The van der Waals surface area contributed by atoms with Crippen LogP contribution < -0.4 is 10.6 Å². The van der Waals surface area contributed by atoms with Crippen LogP contribution in [0.4, 0.5) is 13.2 Å². The first-order valence-electron chi connectivity index (χ1n) is 7.01. The zero-order valence-electron chi connectivity index (χ0n) is 12.7. The molecule has 0 saturated carbocycles. The SMILES string of the molecule is Cl.Cn1cc(CNC(=O)c2n[nH]c3c2CNCC3)c(C(F)(F)F)n1. The van der Waals surface area contributed by atoms with Gasteiger partial charge in [-0.25, -0.2) is 0 Å². The number of nitrogens with zero attached hydrogens (tertiary/aromatic N) is 3. The smallest absolute Gasteiger partial charge is 0.346 e. The number of nitrogens with one attached hydrogen (secondary N) is 3. The van der Waals surface area contributed by atoms with E-state index in [1.54, 1.807) is 0 Å². The number of alkyl halides is 3. The average Bonchev–Trinajstić information content (AvgIpc) is 3.07. The fraction of sp³-hybridized carbons (Fsp3) is 0.462. The molecule has 0 fully saturated rings. The number of aromatic nitrogens is 4. The normalized spacial score (nSPS) is 14.0. The van der Waals surface area contributed by atoms with Gasteiger partial charge in [0.05, 0.1) is 0 Å². The van der Waals surface area contributed by atoms with E-state index < -0.39 is 17.8 Å². The highest BCUT2D eigenvalue weighted by Gasteiger charge is 2.37. The fourth-order valence-electron chi connectivity index (χ4n) is 2.58. The number of aryl methyl sites for hydroxylation is 1. The van der Waals surface area contributed by atoms with Gasteiger partial charge in [-0.2, -0.15) is 23.4 Å². The van der Waals surface area contributed by atoms with Crippen LogP contribution in [0.1, 0.15) is 33.0 Å². The molecule has 0 radical (unpaired) electrons. The van der Waals surface area contributed by atoms with Crippen molar-refractivity contribution in [2.75, 3.05) is 6.54 Å². The molecule has 3 heterocycles. The molecule has 2 aromatic rings. The molecule has 0 aliphatic carbocycles. The van der Waals surface area contributed by atoms with Gasteiger partial charge in [0.2, 0.25) is 0 Å². The second kappa shape index (κ2) is 6.81. The predicted octanol–water partition coefficient (Wildman–Crippen LogP) is 1.16. The van der Waals surface area contributed by atoms with Gasteiger partial charge in [0, 0.05) is 56.1 Å². The largest absolute Gasteiger partial charge is 0.435 e. The lowest BCUT2D eigenvalue weighted by Crippen LogP contribution is -2.28. The molecule has 0 aromatic carbocycles. The standard InChI is InChI=1S/C13H15F3N6O.ClH/c1-22-6-7(11(21-22)13(14,15)16)4-18-12(23)10-8-5-17-3-2-9(8)19-20-10;/h6,17H,2-5H2,1H3,(H,18,23)(H,19,20);1H. The highest BCUT2D eigenvalue weighted by molar-refractivity contribution is 5.94. The van der Waals surface area contributed by atoms with Crippen molar-refractivity contribution in [3.05, 3.63) is 34.4 Å². The van der Waals surface area contributed by atoms with Gasteiger partial charge in [-0.15, -0.1) is 12.4 Å². The number of carbonyl (C=O) groups excluding carboxylic acids is 1. The summed E-state index contributed by atoms with van der Waals surface area (Å²) in [7, 11) is 1.40. The maximum Gasteiger partial charge on any atom is 0.435 e. The summed E-state index contributed by atoms with van der Waals surface area (Å²) >= 11 is 0. The van der Waals surface area contributed by atoms with Crippen LogP contribution in [0.2, 0.25) is 0 Å². The highest BCUT2D eigenvalue weighted by atomic mass is 35.5. The van der Waals surface area contributed by atoms with Crippen LogP contribution in [-0.2, 0) is 32.7 Å². The molecule has 0 saturated heterocycles. The molecule has 3 N–H and O–H groups in total. The van der Waals surface area contributed by atoms with Crippen molar-refractivity contribution in [3.8, 4) is 0 Å². The molecule has 0 unspecified atom stereocenters. The zero-order valence-corrected chi connectivity index (χ0v) is 13.5. The molecule has 7 nitrogen and oxygen atoms in total. The second-order valence-electron chi connectivity index (χ2n) is 5.31. The second-order valence-corrected chi connectivity index (χ2v) is 5.31. The summed E-state index contributed by atoms with van der Waals surface area (Å²) in [5.41, 5.74) is 0.772. The molecular weight excluding hydrogens is 349 g/mol. The molecule has 0 atom stereocenters. The molecule has 3 rings (SSSR count). The summed E-state index contributed by atoms with van der Waals surface area (Å²) in [6.07, 6.45) is -2.59. The lowest BCUT2D eigenvalue weighted by atomic mass is 10.1. The number of rotatable bonds is 3. The molecule has 0 bridgehead atoms. The number of hydrogen-bond acceptors (Lipinski definition) is 4. The molecule has 2 aromatic heterocycles. The third-order valence-corrected chi connectivity index (χ3v) is 3.63. The number of hydrogen-bond donors (Lipinski definition) is 3. The highest BCUT2D eigenvalue weighted by Crippen LogP contribution is 2.30. The van der Waals surface area contributed by atoms with Crippen LogP contribution >= 0.6 is 12.4 Å². The summed E-state index contributed by atoms with van der Waals surface area (Å²) in [5.74, 6) is -0.511. The van der Waals surface area contributed by atoms with Crippen molar-refractivity contribution >= 4 is 18.3 Å². The predicted molar refractivity (Wildman–Crippen MR) is 80.6 cm³/mol. The van der Waals surface area contributed by atoms with Crippen molar-refractivity contribution in [2.45, 2.75) is 25.7 Å². The number of carbonyl (C=O) groups is 1. The van der Waals surface area contributed by atoms with E-state index in [1.807, 2.05) is 0 Å². The number of fused-ring (bicyclic) bond motifs is 1. The van der Waals surface area contributed by atoms with Gasteiger partial charge < -0.3 is 10.6 Å². The van der Waals surface area contributed by atoms with Gasteiger partial charge in [0.15, 0.2) is 11.4 Å². The minimum absolute atomic E-state index is 0. The minimum atomic E-state index is -4.56. The van der Waals surface area contributed by atoms with Gasteiger partial charge in [0.1, 0.15) is 0 Å². The number of amides is 1. The van der Waals surface area contributed by atoms with E-state index in [9.17, 15) is 18.0 Å². The van der Waals surface area contributed by atoms with Crippen LogP contribution in [0.5, 0.6) is 0 Å². The number of aromatic amines is 1. The molecule has 1 amide bonds. The maximum absolute atomic E-state index is 12.9. The van der Waals surface area contributed by atoms with E-state index in [2.05, 4.69) is 25.9 Å². The third kappa shape index (κ3) is 3.54. The summed E-state index contributed by atoms with van der Waals surface area (Å²) in [6, 6.07) is 0. The number of halogens is 4. The van der Waals surface area contributed by atoms with Gasteiger partial charge in [-0.1, -0.05) is 0 Å². The van der Waals surface area contributed by atoms with Crippen molar-refractivity contribution in [2.24, 2.45) is 7.05 Å². The molecule has 0 spiro atoms. The first-order chi connectivity index (χ1) is 10.9. The Morgan fingerprint density at radius 1 is 1.46 bits per heavy atom. The Balaban J connectivity index is 0.00000208. The van der Waals surface area contributed by atoms with Gasteiger partial charge >= 0.3 is 6.18 Å². The summed E-state index contributed by atoms with van der Waals surface area (Å²) in [6.45, 7) is 1.03. The van der Waals surface area contributed by atoms with E-state index in [4.69, 9.17) is 0 Å². The lowest BCUT2D eigenvalue weighted by Gasteiger charge is -2.13. The Bertz CT molecular complexity index is 739. The monoisotopic (exact) mass is 364 g/mol. The molecular formula is C13H16ClF3N6O. The van der Waals surface area contributed by atoms with Crippen LogP contribution in [0.25, 0.3) is 0 Å². The van der Waals surface area contributed by atoms with E-state index in [-0.39, 0.29) is 30.2 Å². The van der Waals surface area contributed by atoms with Crippen LogP contribution in [-0.4, -0.2) is 32.4 Å². The lowest BCUT2D eigenvalue weighted by molar-refractivity contribution is -0.142. The van der Waals surface area contributed by atoms with Crippen molar-refractivity contribution in [1.29, 1.82) is 0 Å². The van der Waals surface area contributed by atoms with Crippen molar-refractivity contribution in [3.63, 3.8) is 0 Å². The van der Waals surface area contributed by atoms with Crippen LogP contribution in [0.15, 0.2) is 6.20 Å². The Morgan fingerprint density at radius 2 is 2.21 bits per heavy atom. The molecule has 24 heavy (non-hydrogen) atoms. The van der Waals surface area contributed by atoms with Gasteiger partial charge in [0.25, 0.3) is 5.91 Å². The van der Waals surface area contributed by atoms with Crippen molar-refractivity contribution < 1.29 is 18.0 Å². The topological polar surface area (TPSA) is 87.6 Å². The quantitative estimate of drug-likeness (QED) is 0.762. The first kappa shape index (κ1) is 18.3. The Morgan fingerprint density at radius 3 is 2.92 bits per heavy atom. The molecule has 1 aliphatic heterocycles. The summed E-state index contributed by atoms with van der Waals surface area (Å²) < 4.78 is 39.7. The molecule has 132 valence electrons. The summed E-state index contributed by atoms with van der Waals surface area (Å²) in [4.78, 5) is 12.2. The average molecular weight is 365 g/mol. The van der Waals surface area contributed by atoms with E-state index in [0.29, 0.717) is 6.54 Å². The Hall–Kier alpha value is -2.07.